The van der Waals surface area contributed by atoms with Gasteiger partial charge < -0.3 is 5.11 Å². The minimum Gasteiger partial charge on any atom is -0.481 e. The molecule has 0 aliphatic rings. The first-order valence-corrected chi connectivity index (χ1v) is 6.66. The van der Waals surface area contributed by atoms with Crippen LogP contribution in [0.5, 0.6) is 0 Å². The molecule has 0 saturated heterocycles. The molecule has 0 aromatic carbocycles. The van der Waals surface area contributed by atoms with E-state index in [1.165, 1.54) is 11.2 Å². The molecular formula is C9H19NO4S. The van der Waals surface area contributed by atoms with Crippen molar-refractivity contribution in [2.75, 3.05) is 18.8 Å². The highest BCUT2D eigenvalue weighted by Crippen LogP contribution is 2.07. The van der Waals surface area contributed by atoms with Gasteiger partial charge in [0.05, 0.1) is 11.7 Å². The monoisotopic (exact) mass is 237 g/mol. The lowest BCUT2D eigenvalue weighted by Gasteiger charge is -2.21. The molecule has 0 rings (SSSR count). The molecule has 0 aliphatic heterocycles. The van der Waals surface area contributed by atoms with E-state index >= 15 is 0 Å². The lowest BCUT2D eigenvalue weighted by molar-refractivity contribution is -0.141. The Labute approximate surface area is 91.1 Å². The first kappa shape index (κ1) is 14.4. The Morgan fingerprint density at radius 1 is 1.40 bits per heavy atom. The molecule has 0 aliphatic carbocycles. The van der Waals surface area contributed by atoms with Crippen LogP contribution in [0.1, 0.15) is 27.2 Å². The Hall–Kier alpha value is -0.620. The zero-order valence-electron chi connectivity index (χ0n) is 9.43. The van der Waals surface area contributed by atoms with Crippen molar-refractivity contribution in [1.29, 1.82) is 0 Å². The molecule has 0 fully saturated rings. The zero-order chi connectivity index (χ0) is 12.1. The summed E-state index contributed by atoms with van der Waals surface area (Å²) in [6.07, 6.45) is 0.542. The van der Waals surface area contributed by atoms with Crippen LogP contribution in [-0.2, 0) is 14.8 Å². The summed E-state index contributed by atoms with van der Waals surface area (Å²) in [6, 6.07) is 0. The van der Waals surface area contributed by atoms with E-state index < -0.39 is 21.9 Å². The Bertz CT molecular complexity index is 299. The van der Waals surface area contributed by atoms with Crippen LogP contribution in [0, 0.1) is 5.92 Å². The molecule has 0 spiro atoms. The van der Waals surface area contributed by atoms with Crippen LogP contribution in [0.15, 0.2) is 0 Å². The van der Waals surface area contributed by atoms with Crippen molar-refractivity contribution in [3.63, 3.8) is 0 Å². The van der Waals surface area contributed by atoms with Gasteiger partial charge in [0.1, 0.15) is 0 Å². The van der Waals surface area contributed by atoms with Gasteiger partial charge in [-0.05, 0) is 6.42 Å². The number of nitrogens with zero attached hydrogens (tertiary/aromatic N) is 1. The second-order valence-corrected chi connectivity index (χ2v) is 5.59. The van der Waals surface area contributed by atoms with Gasteiger partial charge in [-0.15, -0.1) is 0 Å². The molecule has 1 N–H and O–H groups in total. The third-order valence-corrected chi connectivity index (χ3v) is 4.23. The van der Waals surface area contributed by atoms with Gasteiger partial charge in [0.15, 0.2) is 0 Å². The van der Waals surface area contributed by atoms with E-state index in [1.54, 1.807) is 13.8 Å². The number of carboxylic acid groups (broad SMARTS) is 1. The maximum atomic E-state index is 11.7. The molecule has 1 unspecified atom stereocenters. The van der Waals surface area contributed by atoms with E-state index in [9.17, 15) is 13.2 Å². The van der Waals surface area contributed by atoms with Crippen molar-refractivity contribution < 1.29 is 18.3 Å². The average molecular weight is 237 g/mol. The second kappa shape index (κ2) is 6.07. The van der Waals surface area contributed by atoms with Crippen molar-refractivity contribution in [3.8, 4) is 0 Å². The molecule has 0 radical (unpaired) electrons. The number of carbonyl (C=O) groups is 1. The molecule has 15 heavy (non-hydrogen) atoms. The molecule has 0 amide bonds. The fourth-order valence-corrected chi connectivity index (χ4v) is 2.83. The van der Waals surface area contributed by atoms with Crippen molar-refractivity contribution in [2.24, 2.45) is 5.92 Å². The molecule has 0 bridgehead atoms. The molecule has 0 heterocycles. The van der Waals surface area contributed by atoms with Gasteiger partial charge in [0.25, 0.3) is 0 Å². The van der Waals surface area contributed by atoms with Gasteiger partial charge in [-0.1, -0.05) is 20.8 Å². The van der Waals surface area contributed by atoms with E-state index in [1.807, 2.05) is 0 Å². The summed E-state index contributed by atoms with van der Waals surface area (Å²) in [4.78, 5) is 10.6. The summed E-state index contributed by atoms with van der Waals surface area (Å²) in [6.45, 7) is 5.37. The van der Waals surface area contributed by atoms with Gasteiger partial charge in [-0.25, -0.2) is 12.7 Å². The fourth-order valence-electron chi connectivity index (χ4n) is 1.21. The topological polar surface area (TPSA) is 74.7 Å². The first-order chi connectivity index (χ1) is 6.85. The Balaban J connectivity index is 4.57. The third-order valence-electron chi connectivity index (χ3n) is 2.11. The molecule has 0 aromatic heterocycles. The largest absolute Gasteiger partial charge is 0.481 e. The molecule has 1 atom stereocenters. The van der Waals surface area contributed by atoms with Gasteiger partial charge in [-0.2, -0.15) is 0 Å². The summed E-state index contributed by atoms with van der Waals surface area (Å²) < 4.78 is 24.5. The highest BCUT2D eigenvalue weighted by atomic mass is 32.2. The second-order valence-electron chi connectivity index (χ2n) is 3.51. The molecule has 0 saturated carbocycles. The summed E-state index contributed by atoms with van der Waals surface area (Å²) >= 11 is 0. The van der Waals surface area contributed by atoms with Gasteiger partial charge in [-0.3, -0.25) is 4.79 Å². The standard InChI is InChI=1S/C9H19NO4S/c1-4-6-15(13,14)10(5-2)7-8(3)9(11)12/h8H,4-7H2,1-3H3,(H,11,12). The normalized spacial score (nSPS) is 14.1. The fraction of sp³-hybridized carbons (Fsp3) is 0.889. The summed E-state index contributed by atoms with van der Waals surface area (Å²) in [5.74, 6) is -1.57. The summed E-state index contributed by atoms with van der Waals surface area (Å²) in [5, 5.41) is 8.70. The summed E-state index contributed by atoms with van der Waals surface area (Å²) in [5.41, 5.74) is 0. The maximum Gasteiger partial charge on any atom is 0.307 e. The number of carboxylic acids is 1. The van der Waals surface area contributed by atoms with Gasteiger partial charge >= 0.3 is 5.97 Å². The first-order valence-electron chi connectivity index (χ1n) is 5.05. The zero-order valence-corrected chi connectivity index (χ0v) is 10.2. The molecule has 0 aromatic rings. The Morgan fingerprint density at radius 2 is 1.93 bits per heavy atom. The summed E-state index contributed by atoms with van der Waals surface area (Å²) in [7, 11) is -3.28. The van der Waals surface area contributed by atoms with Crippen molar-refractivity contribution >= 4 is 16.0 Å². The minimum atomic E-state index is -3.28. The van der Waals surface area contributed by atoms with E-state index in [4.69, 9.17) is 5.11 Å². The van der Waals surface area contributed by atoms with Crippen LogP contribution in [-0.4, -0.2) is 42.6 Å². The van der Waals surface area contributed by atoms with E-state index in [0.717, 1.165) is 0 Å². The number of aliphatic carboxylic acids is 1. The van der Waals surface area contributed by atoms with Crippen LogP contribution < -0.4 is 0 Å². The van der Waals surface area contributed by atoms with Gasteiger partial charge in [0, 0.05) is 13.1 Å². The van der Waals surface area contributed by atoms with Crippen molar-refractivity contribution in [3.05, 3.63) is 0 Å². The predicted molar refractivity (Wildman–Crippen MR) is 58.1 cm³/mol. The molecule has 5 nitrogen and oxygen atoms in total. The Morgan fingerprint density at radius 3 is 2.27 bits per heavy atom. The van der Waals surface area contributed by atoms with Crippen molar-refractivity contribution in [2.45, 2.75) is 27.2 Å². The number of sulfonamides is 1. The smallest absolute Gasteiger partial charge is 0.307 e. The SMILES string of the molecule is CCCS(=O)(=O)N(CC)CC(C)C(=O)O. The average Bonchev–Trinajstić information content (AvgIpc) is 2.12. The van der Waals surface area contributed by atoms with Crippen LogP contribution >= 0.6 is 0 Å². The van der Waals surface area contributed by atoms with Gasteiger partial charge in [0.2, 0.25) is 10.0 Å². The molecular weight excluding hydrogens is 218 g/mol. The van der Waals surface area contributed by atoms with E-state index in [0.29, 0.717) is 13.0 Å². The molecule has 90 valence electrons. The van der Waals surface area contributed by atoms with E-state index in [-0.39, 0.29) is 12.3 Å². The lowest BCUT2D eigenvalue weighted by atomic mass is 10.2. The predicted octanol–water partition coefficient (Wildman–Crippen LogP) is 0.769. The highest BCUT2D eigenvalue weighted by molar-refractivity contribution is 7.89. The highest BCUT2D eigenvalue weighted by Gasteiger charge is 2.23. The maximum absolute atomic E-state index is 11.7. The van der Waals surface area contributed by atoms with Crippen molar-refractivity contribution in [1.82, 2.24) is 4.31 Å². The van der Waals surface area contributed by atoms with Crippen LogP contribution in [0.4, 0.5) is 0 Å². The van der Waals surface area contributed by atoms with E-state index in [2.05, 4.69) is 0 Å². The Kier molecular flexibility index (Phi) is 5.82. The number of hydrogen-bond acceptors (Lipinski definition) is 3. The number of rotatable bonds is 7. The lowest BCUT2D eigenvalue weighted by Crippen LogP contribution is -2.38. The molecule has 6 heteroatoms. The quantitative estimate of drug-likeness (QED) is 0.709. The van der Waals surface area contributed by atoms with Crippen LogP contribution in [0.3, 0.4) is 0 Å². The number of hydrogen-bond donors (Lipinski definition) is 1. The third kappa shape index (κ3) is 4.61. The minimum absolute atomic E-state index is 0.0498. The van der Waals surface area contributed by atoms with Crippen LogP contribution in [0.25, 0.3) is 0 Å². The van der Waals surface area contributed by atoms with Crippen LogP contribution in [0.2, 0.25) is 0 Å².